The summed E-state index contributed by atoms with van der Waals surface area (Å²) >= 11 is 0. The van der Waals surface area contributed by atoms with Crippen LogP contribution in [0.15, 0.2) is 170 Å². The van der Waals surface area contributed by atoms with Crippen LogP contribution in [0.2, 0.25) is 0 Å². The molecule has 0 radical (unpaired) electrons. The minimum atomic E-state index is -0.111. The third-order valence-corrected chi connectivity index (χ3v) is 12.6. The predicted molar refractivity (Wildman–Crippen MR) is 228 cm³/mol. The fourth-order valence-electron chi connectivity index (χ4n) is 10.1. The second-order valence-electron chi connectivity index (χ2n) is 15.9. The van der Waals surface area contributed by atoms with Gasteiger partial charge in [0, 0.05) is 22.7 Å². The zero-order valence-corrected chi connectivity index (χ0v) is 30.8. The van der Waals surface area contributed by atoms with Gasteiger partial charge < -0.3 is 4.90 Å². The second-order valence-corrected chi connectivity index (χ2v) is 15.9. The molecule has 11 rings (SSSR count). The molecule has 258 valence electrons. The van der Waals surface area contributed by atoms with Gasteiger partial charge in [-0.05, 0) is 114 Å². The number of hydrogen-bond acceptors (Lipinski definition) is 1. The molecule has 0 N–H and O–H groups in total. The van der Waals surface area contributed by atoms with Crippen molar-refractivity contribution >= 4 is 33.8 Å². The van der Waals surface area contributed by atoms with E-state index in [1.165, 1.54) is 94.5 Å². The highest BCUT2D eigenvalue weighted by molar-refractivity contribution is 6.10. The number of allylic oxidation sites excluding steroid dienone is 3. The molecule has 1 nitrogen and oxygen atoms in total. The Balaban J connectivity index is 1.03. The maximum Gasteiger partial charge on any atom is 0.0630 e. The lowest BCUT2D eigenvalue weighted by molar-refractivity contribution is 0.621. The molecular formula is C53H41N. The van der Waals surface area contributed by atoms with E-state index in [0.29, 0.717) is 0 Å². The topological polar surface area (TPSA) is 3.24 Å². The Bertz CT molecular complexity index is 2730. The molecule has 2 atom stereocenters. The lowest BCUT2D eigenvalue weighted by Crippen LogP contribution is -2.36. The highest BCUT2D eigenvalue weighted by Crippen LogP contribution is 2.59. The summed E-state index contributed by atoms with van der Waals surface area (Å²) < 4.78 is 0. The van der Waals surface area contributed by atoms with E-state index in [0.717, 1.165) is 12.8 Å². The van der Waals surface area contributed by atoms with Gasteiger partial charge in [-0.2, -0.15) is 0 Å². The fourth-order valence-corrected chi connectivity index (χ4v) is 10.1. The summed E-state index contributed by atoms with van der Waals surface area (Å²) in [7, 11) is 0. The number of benzene rings is 7. The van der Waals surface area contributed by atoms with Crippen molar-refractivity contribution in [2.24, 2.45) is 0 Å². The average molecular weight is 692 g/mol. The van der Waals surface area contributed by atoms with Gasteiger partial charge in [0.2, 0.25) is 0 Å². The monoisotopic (exact) mass is 691 g/mol. The highest BCUT2D eigenvalue weighted by atomic mass is 15.2. The quantitative estimate of drug-likeness (QED) is 0.178. The van der Waals surface area contributed by atoms with E-state index in [4.69, 9.17) is 0 Å². The molecule has 4 aliphatic rings. The van der Waals surface area contributed by atoms with Crippen LogP contribution < -0.4 is 4.90 Å². The molecule has 2 aliphatic carbocycles. The number of anilines is 2. The SMILES string of the molecule is CC1(C)c2ccccc2N2c3c(cc(-c4ccccc4)cc31)C1C=C(c3ccc(-c4c5c(c(-c6ccccc6)c6ccccc46)C=CCC5)cc3)C=CC12. The minimum Gasteiger partial charge on any atom is -0.333 e. The zero-order valence-electron chi connectivity index (χ0n) is 30.8. The molecule has 0 aromatic heterocycles. The number of para-hydroxylation sites is 1. The maximum absolute atomic E-state index is 2.64. The molecule has 7 aromatic carbocycles. The average Bonchev–Trinajstić information content (AvgIpc) is 3.56. The molecule has 0 spiro atoms. The summed E-state index contributed by atoms with van der Waals surface area (Å²) in [6, 6.07) is 54.5. The van der Waals surface area contributed by atoms with E-state index in [1.54, 1.807) is 0 Å². The molecule has 0 amide bonds. The van der Waals surface area contributed by atoms with E-state index >= 15 is 0 Å². The van der Waals surface area contributed by atoms with Gasteiger partial charge in [0.1, 0.15) is 0 Å². The van der Waals surface area contributed by atoms with Crippen LogP contribution in [0.5, 0.6) is 0 Å². The van der Waals surface area contributed by atoms with E-state index in [1.807, 2.05) is 0 Å². The molecule has 54 heavy (non-hydrogen) atoms. The van der Waals surface area contributed by atoms with Crippen molar-refractivity contribution in [2.75, 3.05) is 4.90 Å². The van der Waals surface area contributed by atoms with E-state index < -0.39 is 0 Å². The molecule has 0 saturated carbocycles. The van der Waals surface area contributed by atoms with Crippen LogP contribution in [0.3, 0.4) is 0 Å². The third kappa shape index (κ3) is 4.58. The van der Waals surface area contributed by atoms with Gasteiger partial charge in [-0.15, -0.1) is 0 Å². The first-order valence-corrected chi connectivity index (χ1v) is 19.5. The summed E-state index contributed by atoms with van der Waals surface area (Å²) in [4.78, 5) is 2.64. The molecule has 0 saturated heterocycles. The molecule has 0 bridgehead atoms. The summed E-state index contributed by atoms with van der Waals surface area (Å²) in [5.41, 5.74) is 20.1. The summed E-state index contributed by atoms with van der Waals surface area (Å²) in [5.74, 6) is 0.248. The van der Waals surface area contributed by atoms with Crippen LogP contribution in [-0.2, 0) is 11.8 Å². The molecule has 0 fully saturated rings. The molecule has 2 unspecified atom stereocenters. The zero-order chi connectivity index (χ0) is 36.0. The molecular weight excluding hydrogens is 651 g/mol. The van der Waals surface area contributed by atoms with Crippen LogP contribution in [-0.4, -0.2) is 6.04 Å². The van der Waals surface area contributed by atoms with Crippen molar-refractivity contribution in [3.05, 3.63) is 203 Å². The predicted octanol–water partition coefficient (Wildman–Crippen LogP) is 13.7. The van der Waals surface area contributed by atoms with E-state index in [-0.39, 0.29) is 17.4 Å². The smallest absolute Gasteiger partial charge is 0.0630 e. The van der Waals surface area contributed by atoms with Crippen LogP contribution in [0.4, 0.5) is 11.4 Å². The van der Waals surface area contributed by atoms with Crippen LogP contribution in [0.1, 0.15) is 59.6 Å². The Morgan fingerprint density at radius 2 is 1.22 bits per heavy atom. The van der Waals surface area contributed by atoms with Crippen LogP contribution in [0.25, 0.3) is 55.8 Å². The number of nitrogens with zero attached hydrogens (tertiary/aromatic N) is 1. The fraction of sp³-hybridized carbons (Fsp3) is 0.132. The summed E-state index contributed by atoms with van der Waals surface area (Å²) in [6.07, 6.45) is 14.2. The highest BCUT2D eigenvalue weighted by Gasteiger charge is 2.47. The van der Waals surface area contributed by atoms with Crippen molar-refractivity contribution < 1.29 is 0 Å². The van der Waals surface area contributed by atoms with Gasteiger partial charge in [-0.3, -0.25) is 0 Å². The standard InChI is InChI=1S/C53H41N/c1-53(2)46-23-13-14-24-49(46)54-48-30-29-38(31-44(48)45-32-39(33-47(53)52(45)54)34-15-5-3-6-16-34)35-25-27-37(28-26-35)51-42-21-11-9-19-40(42)50(36-17-7-4-8-18-36)41-20-10-12-22-43(41)51/h3-11,13-21,23-33,44,48H,12,22H2,1-2H3. The number of rotatable bonds is 4. The van der Waals surface area contributed by atoms with Gasteiger partial charge in [0.25, 0.3) is 0 Å². The van der Waals surface area contributed by atoms with Crippen molar-refractivity contribution in [1.29, 1.82) is 0 Å². The Kier molecular flexibility index (Phi) is 6.92. The van der Waals surface area contributed by atoms with Crippen molar-refractivity contribution in [3.8, 4) is 33.4 Å². The van der Waals surface area contributed by atoms with Crippen molar-refractivity contribution in [2.45, 2.75) is 44.1 Å². The van der Waals surface area contributed by atoms with Crippen LogP contribution >= 0.6 is 0 Å². The van der Waals surface area contributed by atoms with E-state index in [9.17, 15) is 0 Å². The Morgan fingerprint density at radius 1 is 0.574 bits per heavy atom. The molecule has 2 aliphatic heterocycles. The summed E-state index contributed by atoms with van der Waals surface area (Å²) in [5, 5.41) is 2.65. The Labute approximate surface area is 318 Å². The second kappa shape index (κ2) is 11.9. The van der Waals surface area contributed by atoms with Crippen molar-refractivity contribution in [1.82, 2.24) is 0 Å². The van der Waals surface area contributed by atoms with Gasteiger partial charge in [-0.25, -0.2) is 0 Å². The number of fused-ring (bicyclic) bond motifs is 7. The lowest BCUT2D eigenvalue weighted by Gasteiger charge is -2.42. The lowest BCUT2D eigenvalue weighted by atomic mass is 9.72. The largest absolute Gasteiger partial charge is 0.333 e. The van der Waals surface area contributed by atoms with Gasteiger partial charge in [-0.1, -0.05) is 172 Å². The van der Waals surface area contributed by atoms with Crippen LogP contribution in [0, 0.1) is 0 Å². The molecule has 2 heterocycles. The first-order valence-electron chi connectivity index (χ1n) is 19.5. The molecule has 1 heteroatoms. The minimum absolute atomic E-state index is 0.111. The van der Waals surface area contributed by atoms with Gasteiger partial charge >= 0.3 is 0 Å². The maximum atomic E-state index is 2.64. The van der Waals surface area contributed by atoms with Gasteiger partial charge in [0.15, 0.2) is 0 Å². The molecule has 7 aromatic rings. The van der Waals surface area contributed by atoms with Gasteiger partial charge in [0.05, 0.1) is 6.04 Å². The van der Waals surface area contributed by atoms with E-state index in [2.05, 4.69) is 195 Å². The number of hydrogen-bond donors (Lipinski definition) is 0. The van der Waals surface area contributed by atoms with Crippen molar-refractivity contribution in [3.63, 3.8) is 0 Å². The Hall–Kier alpha value is -6.18. The summed E-state index contributed by atoms with van der Waals surface area (Å²) in [6.45, 7) is 4.81. The Morgan fingerprint density at radius 3 is 2.00 bits per heavy atom. The first kappa shape index (κ1) is 31.4. The third-order valence-electron chi connectivity index (χ3n) is 12.6. The normalized spacial score (nSPS) is 18.5. The first-order chi connectivity index (χ1) is 26.6.